The number of nitrogens with one attached hydrogen (secondary N) is 1. The molecule has 3 rings (SSSR count). The maximum atomic E-state index is 12.5. The number of nitrogens with zero attached hydrogens (tertiary/aromatic N) is 4. The fourth-order valence-electron chi connectivity index (χ4n) is 2.17. The van der Waals surface area contributed by atoms with Crippen LogP contribution in [0, 0.1) is 0 Å². The molecule has 2 aromatic heterocycles. The standard InChI is InChI=1S/C17H17N5O2/c1-12(15-8-9-24-21-15)22(2)16(23)13-10-18-17(19-11-13)20-14-6-4-3-5-7-14/h3-12H,1-2H3,(H,18,19,20)/t12-/m1/s1. The molecule has 7 heteroatoms. The molecule has 3 aromatic rings. The van der Waals surface area contributed by atoms with Crippen molar-refractivity contribution in [3.05, 3.63) is 66.3 Å². The number of para-hydroxylation sites is 1. The van der Waals surface area contributed by atoms with Crippen LogP contribution in [0.3, 0.4) is 0 Å². The molecular formula is C17H17N5O2. The van der Waals surface area contributed by atoms with Crippen LogP contribution < -0.4 is 5.32 Å². The van der Waals surface area contributed by atoms with Gasteiger partial charge in [-0.3, -0.25) is 4.79 Å². The van der Waals surface area contributed by atoms with E-state index in [2.05, 4.69) is 20.4 Å². The van der Waals surface area contributed by atoms with Crippen LogP contribution in [0.25, 0.3) is 0 Å². The summed E-state index contributed by atoms with van der Waals surface area (Å²) in [6.45, 7) is 1.88. The lowest BCUT2D eigenvalue weighted by molar-refractivity contribution is 0.0737. The zero-order chi connectivity index (χ0) is 16.9. The van der Waals surface area contributed by atoms with Crippen LogP contribution in [-0.4, -0.2) is 33.0 Å². The summed E-state index contributed by atoms with van der Waals surface area (Å²) in [7, 11) is 1.71. The van der Waals surface area contributed by atoms with E-state index in [1.165, 1.54) is 18.7 Å². The Morgan fingerprint density at radius 3 is 2.50 bits per heavy atom. The van der Waals surface area contributed by atoms with Gasteiger partial charge >= 0.3 is 0 Å². The van der Waals surface area contributed by atoms with E-state index < -0.39 is 0 Å². The van der Waals surface area contributed by atoms with Crippen molar-refractivity contribution in [3.8, 4) is 0 Å². The molecule has 0 spiro atoms. The number of carbonyl (C=O) groups excluding carboxylic acids is 1. The predicted octanol–water partition coefficient (Wildman–Crippen LogP) is 3.04. The minimum Gasteiger partial charge on any atom is -0.364 e. The van der Waals surface area contributed by atoms with E-state index in [9.17, 15) is 4.79 Å². The Hall–Kier alpha value is -3.22. The molecule has 0 saturated heterocycles. The van der Waals surface area contributed by atoms with Crippen molar-refractivity contribution in [3.63, 3.8) is 0 Å². The van der Waals surface area contributed by atoms with Gasteiger partial charge in [-0.15, -0.1) is 0 Å². The van der Waals surface area contributed by atoms with Crippen LogP contribution >= 0.6 is 0 Å². The van der Waals surface area contributed by atoms with Crippen molar-refractivity contribution < 1.29 is 9.32 Å². The summed E-state index contributed by atoms with van der Waals surface area (Å²) in [5.41, 5.74) is 1.98. The van der Waals surface area contributed by atoms with Crippen LogP contribution in [0.4, 0.5) is 11.6 Å². The van der Waals surface area contributed by atoms with Gasteiger partial charge in [0.05, 0.1) is 11.6 Å². The van der Waals surface area contributed by atoms with Crippen molar-refractivity contribution in [1.82, 2.24) is 20.0 Å². The van der Waals surface area contributed by atoms with E-state index in [0.717, 1.165) is 5.69 Å². The van der Waals surface area contributed by atoms with Crippen molar-refractivity contribution >= 4 is 17.5 Å². The zero-order valence-electron chi connectivity index (χ0n) is 13.4. The lowest BCUT2D eigenvalue weighted by atomic mass is 10.2. The molecule has 2 heterocycles. The molecule has 0 saturated carbocycles. The van der Waals surface area contributed by atoms with Gasteiger partial charge < -0.3 is 14.7 Å². The molecule has 24 heavy (non-hydrogen) atoms. The molecule has 0 aliphatic carbocycles. The highest BCUT2D eigenvalue weighted by Crippen LogP contribution is 2.19. The zero-order valence-corrected chi connectivity index (χ0v) is 13.4. The third-order valence-electron chi connectivity index (χ3n) is 3.72. The molecule has 1 aromatic carbocycles. The number of aromatic nitrogens is 3. The molecular weight excluding hydrogens is 306 g/mol. The number of carbonyl (C=O) groups is 1. The average molecular weight is 323 g/mol. The van der Waals surface area contributed by atoms with Gasteiger partial charge in [0.2, 0.25) is 5.95 Å². The molecule has 1 amide bonds. The first kappa shape index (κ1) is 15.7. The molecule has 0 unspecified atom stereocenters. The number of anilines is 2. The molecule has 0 aliphatic heterocycles. The van der Waals surface area contributed by atoms with Crippen LogP contribution in [0.15, 0.2) is 59.6 Å². The van der Waals surface area contributed by atoms with E-state index in [0.29, 0.717) is 17.2 Å². The summed E-state index contributed by atoms with van der Waals surface area (Å²) in [4.78, 5) is 22.5. The summed E-state index contributed by atoms with van der Waals surface area (Å²) < 4.78 is 4.82. The maximum absolute atomic E-state index is 12.5. The average Bonchev–Trinajstić information content (AvgIpc) is 3.16. The van der Waals surface area contributed by atoms with Gasteiger partial charge in [-0.1, -0.05) is 23.4 Å². The smallest absolute Gasteiger partial charge is 0.257 e. The highest BCUT2D eigenvalue weighted by atomic mass is 16.5. The third kappa shape index (κ3) is 3.40. The van der Waals surface area contributed by atoms with Crippen molar-refractivity contribution in [1.29, 1.82) is 0 Å². The van der Waals surface area contributed by atoms with E-state index in [4.69, 9.17) is 4.52 Å². The summed E-state index contributed by atoms with van der Waals surface area (Å²) in [5.74, 6) is 0.252. The van der Waals surface area contributed by atoms with Crippen LogP contribution in [0.5, 0.6) is 0 Å². The largest absolute Gasteiger partial charge is 0.364 e. The molecule has 0 bridgehead atoms. The molecule has 7 nitrogen and oxygen atoms in total. The predicted molar refractivity (Wildman–Crippen MR) is 88.8 cm³/mol. The SMILES string of the molecule is C[C@H](c1ccon1)N(C)C(=O)c1cnc(Nc2ccccc2)nc1. The Labute approximate surface area is 139 Å². The Balaban J connectivity index is 1.69. The van der Waals surface area contributed by atoms with Crippen molar-refractivity contribution in [2.75, 3.05) is 12.4 Å². The highest BCUT2D eigenvalue weighted by molar-refractivity contribution is 5.93. The fraction of sp³-hybridized carbons (Fsp3) is 0.176. The third-order valence-corrected chi connectivity index (χ3v) is 3.72. The second-order valence-electron chi connectivity index (χ2n) is 5.30. The summed E-state index contributed by atoms with van der Waals surface area (Å²) >= 11 is 0. The topological polar surface area (TPSA) is 84.2 Å². The van der Waals surface area contributed by atoms with Gasteiger partial charge in [0.25, 0.3) is 5.91 Å². The van der Waals surface area contributed by atoms with Gasteiger partial charge in [0, 0.05) is 31.2 Å². The van der Waals surface area contributed by atoms with E-state index in [1.54, 1.807) is 18.0 Å². The molecule has 122 valence electrons. The molecule has 0 radical (unpaired) electrons. The minimum atomic E-state index is -0.210. The van der Waals surface area contributed by atoms with Crippen molar-refractivity contribution in [2.45, 2.75) is 13.0 Å². The highest BCUT2D eigenvalue weighted by Gasteiger charge is 2.21. The fourth-order valence-corrected chi connectivity index (χ4v) is 2.17. The van der Waals surface area contributed by atoms with E-state index in [-0.39, 0.29) is 11.9 Å². The Kier molecular flexibility index (Phi) is 4.51. The lowest BCUT2D eigenvalue weighted by Gasteiger charge is -2.22. The van der Waals surface area contributed by atoms with Gasteiger partial charge in [-0.25, -0.2) is 9.97 Å². The van der Waals surface area contributed by atoms with Gasteiger partial charge in [0.1, 0.15) is 12.0 Å². The second-order valence-corrected chi connectivity index (χ2v) is 5.30. The van der Waals surface area contributed by atoms with Crippen LogP contribution in [-0.2, 0) is 0 Å². The second kappa shape index (κ2) is 6.91. The molecule has 1 atom stereocenters. The summed E-state index contributed by atoms with van der Waals surface area (Å²) in [6.07, 6.45) is 4.50. The monoisotopic (exact) mass is 323 g/mol. The number of hydrogen-bond acceptors (Lipinski definition) is 6. The summed E-state index contributed by atoms with van der Waals surface area (Å²) in [6, 6.07) is 11.1. The first-order valence-electron chi connectivity index (χ1n) is 7.46. The van der Waals surface area contributed by atoms with Crippen LogP contribution in [0.1, 0.15) is 29.0 Å². The van der Waals surface area contributed by atoms with Gasteiger partial charge in [-0.2, -0.15) is 0 Å². The lowest BCUT2D eigenvalue weighted by Crippen LogP contribution is -2.30. The van der Waals surface area contributed by atoms with E-state index in [1.807, 2.05) is 37.3 Å². The summed E-state index contributed by atoms with van der Waals surface area (Å²) in [5, 5.41) is 6.94. The quantitative estimate of drug-likeness (QED) is 0.777. The van der Waals surface area contributed by atoms with E-state index >= 15 is 0 Å². The number of hydrogen-bond donors (Lipinski definition) is 1. The first-order chi connectivity index (χ1) is 11.6. The number of benzene rings is 1. The van der Waals surface area contributed by atoms with Crippen LogP contribution in [0.2, 0.25) is 0 Å². The first-order valence-corrected chi connectivity index (χ1v) is 7.46. The molecule has 0 aliphatic rings. The van der Waals surface area contributed by atoms with Crippen molar-refractivity contribution in [2.24, 2.45) is 0 Å². The minimum absolute atomic E-state index is 0.184. The number of amides is 1. The Morgan fingerprint density at radius 2 is 1.88 bits per heavy atom. The van der Waals surface area contributed by atoms with Gasteiger partial charge in [0.15, 0.2) is 0 Å². The Morgan fingerprint density at radius 1 is 1.17 bits per heavy atom. The normalized spacial score (nSPS) is 11.8. The number of rotatable bonds is 5. The Bertz CT molecular complexity index is 788. The van der Waals surface area contributed by atoms with Gasteiger partial charge in [-0.05, 0) is 19.1 Å². The molecule has 1 N–H and O–H groups in total. The molecule has 0 fully saturated rings. The maximum Gasteiger partial charge on any atom is 0.257 e.